The van der Waals surface area contributed by atoms with Crippen molar-refractivity contribution in [3.63, 3.8) is 0 Å². The van der Waals surface area contributed by atoms with Gasteiger partial charge >= 0.3 is 0 Å². The Balaban J connectivity index is 1.68. The van der Waals surface area contributed by atoms with E-state index in [0.29, 0.717) is 12.5 Å². The number of aryl methyl sites for hydroxylation is 1. The number of unbranched alkanes of at least 4 members (excludes halogenated alkanes) is 3. The second kappa shape index (κ2) is 9.04. The van der Waals surface area contributed by atoms with Crippen molar-refractivity contribution < 1.29 is 9.47 Å². The fourth-order valence-electron chi connectivity index (χ4n) is 3.39. The van der Waals surface area contributed by atoms with Crippen LogP contribution in [0.15, 0.2) is 29.1 Å². The number of aromatic amines is 1. The lowest BCUT2D eigenvalue weighted by Gasteiger charge is -2.22. The Morgan fingerprint density at radius 2 is 2.12 bits per heavy atom. The van der Waals surface area contributed by atoms with Crippen LogP contribution in [0.2, 0.25) is 0 Å². The highest BCUT2D eigenvalue weighted by Gasteiger charge is 2.15. The van der Waals surface area contributed by atoms with Gasteiger partial charge in [0.15, 0.2) is 11.3 Å². The molecule has 1 aromatic carbocycles. The Morgan fingerprint density at radius 1 is 1.20 bits per heavy atom. The van der Waals surface area contributed by atoms with E-state index < -0.39 is 0 Å². The summed E-state index contributed by atoms with van der Waals surface area (Å²) in [7, 11) is 0. The Bertz CT molecular complexity index is 731. The number of rotatable bonds is 8. The summed E-state index contributed by atoms with van der Waals surface area (Å²) < 4.78 is 11.5. The molecule has 0 amide bonds. The van der Waals surface area contributed by atoms with Crippen molar-refractivity contribution in [1.82, 2.24) is 4.98 Å². The average Bonchev–Trinajstić information content (AvgIpc) is 2.64. The molecule has 3 rings (SSSR count). The maximum Gasteiger partial charge on any atom is 0.195 e. The van der Waals surface area contributed by atoms with Crippen LogP contribution in [0.4, 0.5) is 0 Å². The van der Waals surface area contributed by atoms with Gasteiger partial charge in [-0.25, -0.2) is 0 Å². The number of ether oxygens (including phenoxy) is 2. The largest absolute Gasteiger partial charge is 0.476 e. The molecule has 0 saturated carbocycles. The van der Waals surface area contributed by atoms with E-state index in [2.05, 4.69) is 24.0 Å². The number of hydrogen-bond acceptors (Lipinski definition) is 3. The van der Waals surface area contributed by atoms with Gasteiger partial charge in [0.05, 0.1) is 11.6 Å². The summed E-state index contributed by atoms with van der Waals surface area (Å²) in [5.74, 6) is 0.537. The quantitative estimate of drug-likeness (QED) is 0.713. The lowest BCUT2D eigenvalue weighted by Crippen LogP contribution is -2.26. The van der Waals surface area contributed by atoms with Gasteiger partial charge in [-0.2, -0.15) is 0 Å². The molecule has 0 spiro atoms. The topological polar surface area (TPSA) is 51.3 Å². The van der Waals surface area contributed by atoms with Gasteiger partial charge in [-0.05, 0) is 49.8 Å². The molecular formula is C21H29NO3. The van der Waals surface area contributed by atoms with Crippen LogP contribution in [-0.4, -0.2) is 24.3 Å². The molecule has 1 atom stereocenters. The van der Waals surface area contributed by atoms with Gasteiger partial charge in [0, 0.05) is 18.1 Å². The van der Waals surface area contributed by atoms with Crippen molar-refractivity contribution in [2.45, 2.75) is 64.4 Å². The molecule has 0 aliphatic carbocycles. The van der Waals surface area contributed by atoms with Crippen LogP contribution in [0.3, 0.4) is 0 Å². The highest BCUT2D eigenvalue weighted by atomic mass is 16.5. The third kappa shape index (κ3) is 5.08. The monoisotopic (exact) mass is 343 g/mol. The minimum atomic E-state index is 0.00541. The maximum atomic E-state index is 12.3. The number of fused-ring (bicyclic) bond motifs is 1. The summed E-state index contributed by atoms with van der Waals surface area (Å²) in [6.45, 7) is 3.53. The maximum absolute atomic E-state index is 12.3. The van der Waals surface area contributed by atoms with Gasteiger partial charge in [0.1, 0.15) is 6.61 Å². The van der Waals surface area contributed by atoms with E-state index in [1.54, 1.807) is 6.07 Å². The average molecular weight is 343 g/mol. The van der Waals surface area contributed by atoms with Crippen molar-refractivity contribution in [2.75, 3.05) is 13.2 Å². The lowest BCUT2D eigenvalue weighted by molar-refractivity contribution is -0.0119. The van der Waals surface area contributed by atoms with Crippen molar-refractivity contribution in [1.29, 1.82) is 0 Å². The standard InChI is InChI=1S/C21H29NO3/c1-2-3-4-5-8-16-10-11-18-19(13-16)22-21(14-20(18)23)25-15-17-9-6-7-12-24-17/h10-11,13-14,17H,2-9,12,15H2,1H3,(H,22,23). The van der Waals surface area contributed by atoms with E-state index in [-0.39, 0.29) is 11.5 Å². The predicted molar refractivity (Wildman–Crippen MR) is 102 cm³/mol. The number of benzene rings is 1. The van der Waals surface area contributed by atoms with Crippen LogP contribution in [0.5, 0.6) is 5.88 Å². The van der Waals surface area contributed by atoms with Gasteiger partial charge in [-0.15, -0.1) is 0 Å². The summed E-state index contributed by atoms with van der Waals surface area (Å²) in [6, 6.07) is 7.63. The molecule has 0 radical (unpaired) electrons. The molecule has 2 aromatic rings. The van der Waals surface area contributed by atoms with E-state index in [9.17, 15) is 4.79 Å². The van der Waals surface area contributed by atoms with Crippen LogP contribution < -0.4 is 10.2 Å². The van der Waals surface area contributed by atoms with Crippen LogP contribution in [0, 0.1) is 0 Å². The molecule has 0 bridgehead atoms. The van der Waals surface area contributed by atoms with Crippen LogP contribution >= 0.6 is 0 Å². The van der Waals surface area contributed by atoms with E-state index in [1.165, 1.54) is 37.7 Å². The molecule has 1 fully saturated rings. The smallest absolute Gasteiger partial charge is 0.195 e. The Kier molecular flexibility index (Phi) is 6.51. The van der Waals surface area contributed by atoms with Gasteiger partial charge in [-0.3, -0.25) is 4.79 Å². The highest BCUT2D eigenvalue weighted by molar-refractivity contribution is 5.79. The molecule has 4 heteroatoms. The first-order chi connectivity index (χ1) is 12.3. The fourth-order valence-corrected chi connectivity index (χ4v) is 3.39. The number of aromatic nitrogens is 1. The fraction of sp³-hybridized carbons (Fsp3) is 0.571. The number of hydrogen-bond donors (Lipinski definition) is 1. The molecule has 1 unspecified atom stereocenters. The molecule has 1 N–H and O–H groups in total. The molecule has 4 nitrogen and oxygen atoms in total. The van der Waals surface area contributed by atoms with Crippen molar-refractivity contribution in [3.05, 3.63) is 40.1 Å². The minimum absolute atomic E-state index is 0.00541. The predicted octanol–water partition coefficient (Wildman–Crippen LogP) is 4.60. The normalized spacial score (nSPS) is 17.7. The molecule has 1 saturated heterocycles. The SMILES string of the molecule is CCCCCCc1ccc2c(=O)cc(OCC3CCCCO3)[nH]c2c1. The Labute approximate surface area is 149 Å². The van der Waals surface area contributed by atoms with Gasteiger partial charge < -0.3 is 14.5 Å². The van der Waals surface area contributed by atoms with E-state index in [1.807, 2.05) is 6.07 Å². The first-order valence-corrected chi connectivity index (χ1v) is 9.66. The summed E-state index contributed by atoms with van der Waals surface area (Å²) >= 11 is 0. The Morgan fingerprint density at radius 3 is 2.92 bits per heavy atom. The minimum Gasteiger partial charge on any atom is -0.476 e. The second-order valence-corrected chi connectivity index (χ2v) is 6.99. The highest BCUT2D eigenvalue weighted by Crippen LogP contribution is 2.18. The lowest BCUT2D eigenvalue weighted by atomic mass is 10.0. The summed E-state index contributed by atoms with van der Waals surface area (Å²) in [6.07, 6.45) is 9.52. The van der Waals surface area contributed by atoms with Gasteiger partial charge in [0.25, 0.3) is 0 Å². The van der Waals surface area contributed by atoms with Crippen LogP contribution in [0.25, 0.3) is 10.9 Å². The molecule has 136 valence electrons. The van der Waals surface area contributed by atoms with Crippen LogP contribution in [0.1, 0.15) is 57.4 Å². The number of H-pyrrole nitrogens is 1. The van der Waals surface area contributed by atoms with Crippen LogP contribution in [-0.2, 0) is 11.2 Å². The molecule has 25 heavy (non-hydrogen) atoms. The van der Waals surface area contributed by atoms with E-state index in [0.717, 1.165) is 36.8 Å². The molecule has 2 heterocycles. The third-order valence-electron chi connectivity index (χ3n) is 4.89. The Hall–Kier alpha value is -1.81. The number of pyridine rings is 1. The van der Waals surface area contributed by atoms with Crippen molar-refractivity contribution in [2.24, 2.45) is 0 Å². The summed E-state index contributed by atoms with van der Waals surface area (Å²) in [4.78, 5) is 15.6. The van der Waals surface area contributed by atoms with Crippen molar-refractivity contribution in [3.8, 4) is 5.88 Å². The molecule has 1 aliphatic heterocycles. The number of nitrogens with one attached hydrogen (secondary N) is 1. The molecule has 1 aliphatic rings. The zero-order valence-corrected chi connectivity index (χ0v) is 15.2. The zero-order valence-electron chi connectivity index (χ0n) is 15.2. The summed E-state index contributed by atoms with van der Waals surface area (Å²) in [5.41, 5.74) is 2.14. The third-order valence-corrected chi connectivity index (χ3v) is 4.89. The van der Waals surface area contributed by atoms with E-state index >= 15 is 0 Å². The van der Waals surface area contributed by atoms with Gasteiger partial charge in [-0.1, -0.05) is 32.3 Å². The summed E-state index contributed by atoms with van der Waals surface area (Å²) in [5, 5.41) is 0.721. The van der Waals surface area contributed by atoms with E-state index in [4.69, 9.17) is 9.47 Å². The first-order valence-electron chi connectivity index (χ1n) is 9.66. The molecule has 1 aromatic heterocycles. The van der Waals surface area contributed by atoms with Gasteiger partial charge in [0.2, 0.25) is 0 Å². The molecular weight excluding hydrogens is 314 g/mol. The second-order valence-electron chi connectivity index (χ2n) is 6.99. The zero-order chi connectivity index (χ0) is 17.5. The van der Waals surface area contributed by atoms with Crippen molar-refractivity contribution >= 4 is 10.9 Å². The first kappa shape index (κ1) is 18.0.